The molecular weight excluding hydrogens is 236 g/mol. The summed E-state index contributed by atoms with van der Waals surface area (Å²) in [7, 11) is 3.33. The molecule has 2 heterocycles. The summed E-state index contributed by atoms with van der Waals surface area (Å²) in [5.74, 6) is -0.229. The quantitative estimate of drug-likeness (QED) is 0.784. The lowest BCUT2D eigenvalue weighted by atomic mass is 10.3. The fraction of sp³-hybridized carbons (Fsp3) is 0.333. The summed E-state index contributed by atoms with van der Waals surface area (Å²) in [4.78, 5) is 15.7. The summed E-state index contributed by atoms with van der Waals surface area (Å²) in [6, 6.07) is 3.91. The van der Waals surface area contributed by atoms with Gasteiger partial charge in [-0.2, -0.15) is 0 Å². The Hall–Kier alpha value is -1.62. The van der Waals surface area contributed by atoms with E-state index in [1.807, 2.05) is 36.1 Å². The molecule has 90 valence electrons. The summed E-state index contributed by atoms with van der Waals surface area (Å²) in [6.07, 6.45) is 0.288. The summed E-state index contributed by atoms with van der Waals surface area (Å²) >= 11 is 1.62. The third-order valence-corrected chi connectivity index (χ3v) is 3.43. The molecule has 0 saturated heterocycles. The van der Waals surface area contributed by atoms with E-state index in [9.17, 15) is 4.79 Å². The highest BCUT2D eigenvalue weighted by Gasteiger charge is 2.12. The average Bonchev–Trinajstić information content (AvgIpc) is 2.87. The van der Waals surface area contributed by atoms with E-state index >= 15 is 0 Å². The lowest BCUT2D eigenvalue weighted by molar-refractivity contribution is -0.139. The van der Waals surface area contributed by atoms with E-state index in [0.717, 1.165) is 22.1 Å². The molecule has 2 aromatic heterocycles. The molecule has 0 aliphatic heterocycles. The van der Waals surface area contributed by atoms with Crippen LogP contribution >= 0.6 is 11.3 Å². The molecule has 0 radical (unpaired) electrons. The predicted molar refractivity (Wildman–Crippen MR) is 67.0 cm³/mol. The molecule has 0 aliphatic rings. The van der Waals surface area contributed by atoms with Gasteiger partial charge in [-0.25, -0.2) is 4.98 Å². The zero-order valence-corrected chi connectivity index (χ0v) is 10.9. The van der Waals surface area contributed by atoms with Gasteiger partial charge in [0.15, 0.2) is 0 Å². The minimum Gasteiger partial charge on any atom is -0.469 e. The number of nitrogens with zero attached hydrogens (tertiary/aromatic N) is 2. The van der Waals surface area contributed by atoms with E-state index in [4.69, 9.17) is 0 Å². The summed E-state index contributed by atoms with van der Waals surface area (Å²) in [5, 5.41) is 3.06. The standard InChI is InChI=1S/C12H14N2O2S/c1-8-13-10(7-17-8)11-5-4-9(14(11)2)6-12(15)16-3/h4-5,7H,6H2,1-3H3. The maximum Gasteiger partial charge on any atom is 0.311 e. The Balaban J connectivity index is 2.29. The molecule has 0 fully saturated rings. The number of methoxy groups -OCH3 is 1. The first-order valence-electron chi connectivity index (χ1n) is 5.25. The first kappa shape index (κ1) is 11.9. The molecular formula is C12H14N2O2S. The molecule has 0 saturated carbocycles. The van der Waals surface area contributed by atoms with Crippen LogP contribution < -0.4 is 0 Å². The number of aromatic nitrogens is 2. The lowest BCUT2D eigenvalue weighted by Crippen LogP contribution is -2.08. The average molecular weight is 250 g/mol. The number of ether oxygens (including phenoxy) is 1. The molecule has 0 aromatic carbocycles. The van der Waals surface area contributed by atoms with Crippen LogP contribution in [0.4, 0.5) is 0 Å². The van der Waals surface area contributed by atoms with Crippen LogP contribution in [0.3, 0.4) is 0 Å². The molecule has 0 amide bonds. The van der Waals surface area contributed by atoms with Gasteiger partial charge in [0, 0.05) is 18.1 Å². The monoisotopic (exact) mass is 250 g/mol. The fourth-order valence-electron chi connectivity index (χ4n) is 1.69. The zero-order valence-electron chi connectivity index (χ0n) is 10.1. The van der Waals surface area contributed by atoms with E-state index in [1.165, 1.54) is 7.11 Å². The van der Waals surface area contributed by atoms with Gasteiger partial charge in [-0.05, 0) is 19.1 Å². The first-order valence-corrected chi connectivity index (χ1v) is 6.13. The highest BCUT2D eigenvalue weighted by molar-refractivity contribution is 7.09. The second-order valence-electron chi connectivity index (χ2n) is 3.77. The van der Waals surface area contributed by atoms with Gasteiger partial charge in [0.1, 0.15) is 0 Å². The Morgan fingerprint density at radius 2 is 2.29 bits per heavy atom. The second kappa shape index (κ2) is 4.71. The minimum atomic E-state index is -0.229. The fourth-order valence-corrected chi connectivity index (χ4v) is 2.30. The number of esters is 1. The van der Waals surface area contributed by atoms with Crippen LogP contribution in [-0.2, 0) is 23.0 Å². The van der Waals surface area contributed by atoms with Crippen molar-refractivity contribution in [2.24, 2.45) is 7.05 Å². The summed E-state index contributed by atoms with van der Waals surface area (Å²) < 4.78 is 6.64. The lowest BCUT2D eigenvalue weighted by Gasteiger charge is -2.05. The van der Waals surface area contributed by atoms with Crippen LogP contribution in [0.1, 0.15) is 10.7 Å². The second-order valence-corrected chi connectivity index (χ2v) is 4.84. The third kappa shape index (κ3) is 2.39. The maximum atomic E-state index is 11.2. The van der Waals surface area contributed by atoms with Gasteiger partial charge < -0.3 is 9.30 Å². The molecule has 0 N–H and O–H groups in total. The molecule has 0 unspecified atom stereocenters. The Morgan fingerprint density at radius 1 is 1.53 bits per heavy atom. The molecule has 2 aromatic rings. The Bertz CT molecular complexity index is 542. The molecule has 0 atom stereocenters. The van der Waals surface area contributed by atoms with Crippen molar-refractivity contribution in [3.63, 3.8) is 0 Å². The largest absolute Gasteiger partial charge is 0.469 e. The zero-order chi connectivity index (χ0) is 12.4. The van der Waals surface area contributed by atoms with Crippen molar-refractivity contribution in [2.45, 2.75) is 13.3 Å². The molecule has 0 spiro atoms. The first-order chi connectivity index (χ1) is 8.11. The number of aryl methyl sites for hydroxylation is 1. The van der Waals surface area contributed by atoms with Crippen LogP contribution in [0.5, 0.6) is 0 Å². The Labute approximate surface area is 104 Å². The van der Waals surface area contributed by atoms with E-state index < -0.39 is 0 Å². The normalized spacial score (nSPS) is 10.5. The van der Waals surface area contributed by atoms with Crippen molar-refractivity contribution in [2.75, 3.05) is 7.11 Å². The van der Waals surface area contributed by atoms with Gasteiger partial charge >= 0.3 is 5.97 Å². The minimum absolute atomic E-state index is 0.229. The van der Waals surface area contributed by atoms with Crippen LogP contribution in [0.15, 0.2) is 17.5 Å². The molecule has 5 heteroatoms. The van der Waals surface area contributed by atoms with Crippen molar-refractivity contribution in [3.05, 3.63) is 28.2 Å². The molecule has 4 nitrogen and oxygen atoms in total. The topological polar surface area (TPSA) is 44.1 Å². The smallest absolute Gasteiger partial charge is 0.311 e. The van der Waals surface area contributed by atoms with Crippen LogP contribution in [0.2, 0.25) is 0 Å². The predicted octanol–water partition coefficient (Wildman–Crippen LogP) is 2.17. The number of carbonyl (C=O) groups excluding carboxylic acids is 1. The molecule has 0 bridgehead atoms. The summed E-state index contributed by atoms with van der Waals surface area (Å²) in [5.41, 5.74) is 2.90. The van der Waals surface area contributed by atoms with Gasteiger partial charge in [0.2, 0.25) is 0 Å². The number of hydrogen-bond acceptors (Lipinski definition) is 4. The van der Waals surface area contributed by atoms with Crippen LogP contribution in [-0.4, -0.2) is 22.6 Å². The van der Waals surface area contributed by atoms with Crippen molar-refractivity contribution < 1.29 is 9.53 Å². The van der Waals surface area contributed by atoms with Crippen molar-refractivity contribution in [1.29, 1.82) is 0 Å². The highest BCUT2D eigenvalue weighted by atomic mass is 32.1. The Kier molecular flexibility index (Phi) is 3.28. The van der Waals surface area contributed by atoms with Crippen LogP contribution in [0, 0.1) is 6.92 Å². The van der Waals surface area contributed by atoms with Crippen LogP contribution in [0.25, 0.3) is 11.4 Å². The maximum absolute atomic E-state index is 11.2. The van der Waals surface area contributed by atoms with E-state index in [-0.39, 0.29) is 12.4 Å². The van der Waals surface area contributed by atoms with Crippen molar-refractivity contribution in [3.8, 4) is 11.4 Å². The van der Waals surface area contributed by atoms with Crippen molar-refractivity contribution in [1.82, 2.24) is 9.55 Å². The SMILES string of the molecule is COC(=O)Cc1ccc(-c2csc(C)n2)n1C. The number of thiazole rings is 1. The van der Waals surface area contributed by atoms with E-state index in [2.05, 4.69) is 9.72 Å². The number of carbonyl (C=O) groups is 1. The van der Waals surface area contributed by atoms with E-state index in [1.54, 1.807) is 11.3 Å². The Morgan fingerprint density at radius 3 is 2.88 bits per heavy atom. The number of rotatable bonds is 3. The van der Waals surface area contributed by atoms with Gasteiger partial charge in [0.05, 0.1) is 29.9 Å². The highest BCUT2D eigenvalue weighted by Crippen LogP contribution is 2.23. The molecule has 0 aliphatic carbocycles. The molecule has 17 heavy (non-hydrogen) atoms. The third-order valence-electron chi connectivity index (χ3n) is 2.66. The van der Waals surface area contributed by atoms with Gasteiger partial charge in [-0.3, -0.25) is 4.79 Å². The summed E-state index contributed by atoms with van der Waals surface area (Å²) in [6.45, 7) is 1.98. The molecule has 2 rings (SSSR count). The number of hydrogen-bond donors (Lipinski definition) is 0. The van der Waals surface area contributed by atoms with Gasteiger partial charge in [-0.1, -0.05) is 0 Å². The van der Waals surface area contributed by atoms with Gasteiger partial charge in [0.25, 0.3) is 0 Å². The van der Waals surface area contributed by atoms with Crippen molar-refractivity contribution >= 4 is 17.3 Å². The van der Waals surface area contributed by atoms with Gasteiger partial charge in [-0.15, -0.1) is 11.3 Å². The van der Waals surface area contributed by atoms with E-state index in [0.29, 0.717) is 0 Å².